The van der Waals surface area contributed by atoms with Gasteiger partial charge in [0.25, 0.3) is 5.69 Å². The Balaban J connectivity index is 2.00. The molecule has 1 heterocycles. The lowest BCUT2D eigenvalue weighted by atomic mass is 9.90. The van der Waals surface area contributed by atoms with Gasteiger partial charge in [0.05, 0.1) is 17.7 Å². The molecule has 0 saturated carbocycles. The SMILES string of the molecule is COc1ccc(Cc2ccc(C3=NNC(=O)CC3C)c(N)c2[N+](=O)[O-])cc1. The summed E-state index contributed by atoms with van der Waals surface area (Å²) in [6.07, 6.45) is 0.628. The highest BCUT2D eigenvalue weighted by molar-refractivity contribution is 6.10. The van der Waals surface area contributed by atoms with Crippen molar-refractivity contribution in [1.82, 2.24) is 5.43 Å². The Bertz CT molecular complexity index is 922. The number of carbonyl (C=O) groups excluding carboxylic acids is 1. The molecule has 8 heteroatoms. The van der Waals surface area contributed by atoms with Gasteiger partial charge in [0, 0.05) is 29.9 Å². The fraction of sp³-hybridized carbons (Fsp3) is 0.263. The number of nitrogens with two attached hydrogens (primary N) is 1. The number of nitrogens with zero attached hydrogens (tertiary/aromatic N) is 2. The Kier molecular flexibility index (Phi) is 5.07. The average molecular weight is 368 g/mol. The number of hydrogen-bond acceptors (Lipinski definition) is 6. The van der Waals surface area contributed by atoms with E-state index in [1.807, 2.05) is 19.1 Å². The summed E-state index contributed by atoms with van der Waals surface area (Å²) in [6.45, 7) is 1.84. The van der Waals surface area contributed by atoms with Gasteiger partial charge in [-0.05, 0) is 17.7 Å². The van der Waals surface area contributed by atoms with E-state index in [9.17, 15) is 14.9 Å². The maximum Gasteiger partial charge on any atom is 0.296 e. The molecule has 1 atom stereocenters. The molecule has 0 spiro atoms. The summed E-state index contributed by atoms with van der Waals surface area (Å²) in [5.74, 6) is 0.359. The molecule has 8 nitrogen and oxygen atoms in total. The molecule has 27 heavy (non-hydrogen) atoms. The van der Waals surface area contributed by atoms with Gasteiger partial charge < -0.3 is 10.5 Å². The minimum atomic E-state index is -0.468. The summed E-state index contributed by atoms with van der Waals surface area (Å²) < 4.78 is 5.13. The Morgan fingerprint density at radius 2 is 2.00 bits per heavy atom. The zero-order valence-electron chi connectivity index (χ0n) is 15.1. The second-order valence-corrected chi connectivity index (χ2v) is 6.45. The van der Waals surface area contributed by atoms with Crippen molar-refractivity contribution in [3.63, 3.8) is 0 Å². The van der Waals surface area contributed by atoms with E-state index >= 15 is 0 Å². The number of benzene rings is 2. The monoisotopic (exact) mass is 368 g/mol. The van der Waals surface area contributed by atoms with Gasteiger partial charge in [-0.3, -0.25) is 14.9 Å². The third kappa shape index (κ3) is 3.74. The molecular weight excluding hydrogens is 348 g/mol. The van der Waals surface area contributed by atoms with Crippen molar-refractivity contribution < 1.29 is 14.5 Å². The van der Waals surface area contributed by atoms with Gasteiger partial charge in [-0.2, -0.15) is 5.10 Å². The number of nitro benzene ring substituents is 1. The molecule has 0 radical (unpaired) electrons. The first-order chi connectivity index (χ1) is 12.9. The number of hydrazone groups is 1. The van der Waals surface area contributed by atoms with Crippen molar-refractivity contribution in [2.45, 2.75) is 19.8 Å². The number of carbonyl (C=O) groups is 1. The maximum atomic E-state index is 11.7. The first-order valence-corrected chi connectivity index (χ1v) is 8.46. The quantitative estimate of drug-likeness (QED) is 0.477. The largest absolute Gasteiger partial charge is 0.497 e. The molecule has 0 saturated heterocycles. The minimum absolute atomic E-state index is 0.0627. The Morgan fingerprint density at radius 1 is 1.30 bits per heavy atom. The number of rotatable bonds is 5. The molecule has 1 amide bonds. The summed E-state index contributed by atoms with van der Waals surface area (Å²) in [4.78, 5) is 22.7. The van der Waals surface area contributed by atoms with Crippen molar-refractivity contribution in [2.75, 3.05) is 12.8 Å². The first kappa shape index (κ1) is 18.4. The van der Waals surface area contributed by atoms with Gasteiger partial charge in [-0.15, -0.1) is 0 Å². The Hall–Kier alpha value is -3.42. The predicted molar refractivity (Wildman–Crippen MR) is 102 cm³/mol. The maximum absolute atomic E-state index is 11.7. The average Bonchev–Trinajstić information content (AvgIpc) is 2.63. The van der Waals surface area contributed by atoms with Crippen LogP contribution >= 0.6 is 0 Å². The molecule has 0 bridgehead atoms. The first-order valence-electron chi connectivity index (χ1n) is 8.46. The van der Waals surface area contributed by atoms with Crippen LogP contribution in [0.3, 0.4) is 0 Å². The zero-order chi connectivity index (χ0) is 19.6. The van der Waals surface area contributed by atoms with Crippen LogP contribution in [0, 0.1) is 16.0 Å². The molecule has 2 aromatic rings. The molecule has 140 valence electrons. The zero-order valence-corrected chi connectivity index (χ0v) is 15.1. The minimum Gasteiger partial charge on any atom is -0.497 e. The third-order valence-electron chi connectivity index (χ3n) is 4.57. The molecule has 2 aromatic carbocycles. The normalized spacial score (nSPS) is 16.4. The number of nitrogens with one attached hydrogen (secondary N) is 1. The Morgan fingerprint density at radius 3 is 2.59 bits per heavy atom. The number of methoxy groups -OCH3 is 1. The van der Waals surface area contributed by atoms with Crippen LogP contribution in [0.1, 0.15) is 30.0 Å². The molecule has 0 fully saturated rings. The molecule has 1 unspecified atom stereocenters. The van der Waals surface area contributed by atoms with E-state index in [4.69, 9.17) is 10.5 Å². The summed E-state index contributed by atoms with van der Waals surface area (Å²) in [5.41, 5.74) is 10.9. The van der Waals surface area contributed by atoms with Gasteiger partial charge >= 0.3 is 0 Å². The van der Waals surface area contributed by atoms with Gasteiger partial charge in [-0.25, -0.2) is 5.43 Å². The molecular formula is C19H20N4O4. The van der Waals surface area contributed by atoms with E-state index in [0.29, 0.717) is 23.3 Å². The summed E-state index contributed by atoms with van der Waals surface area (Å²) >= 11 is 0. The van der Waals surface area contributed by atoms with Crippen LogP contribution in [-0.2, 0) is 11.2 Å². The number of amides is 1. The van der Waals surface area contributed by atoms with Crippen LogP contribution in [0.25, 0.3) is 0 Å². The van der Waals surface area contributed by atoms with Crippen LogP contribution in [0.2, 0.25) is 0 Å². The Labute approximate surface area is 156 Å². The summed E-state index contributed by atoms with van der Waals surface area (Å²) in [7, 11) is 1.58. The van der Waals surface area contributed by atoms with E-state index in [0.717, 1.165) is 11.3 Å². The van der Waals surface area contributed by atoms with Crippen molar-refractivity contribution in [3.05, 3.63) is 63.2 Å². The third-order valence-corrected chi connectivity index (χ3v) is 4.57. The molecule has 0 aliphatic carbocycles. The van der Waals surface area contributed by atoms with Crippen LogP contribution in [0.4, 0.5) is 11.4 Å². The van der Waals surface area contributed by atoms with Crippen LogP contribution in [-0.4, -0.2) is 23.7 Å². The predicted octanol–water partition coefficient (Wildman–Crippen LogP) is 2.64. The standard InChI is InChI=1S/C19H20N4O4/c1-11-9-16(24)21-22-18(11)15-8-5-13(19(17(15)20)23(25)26)10-12-3-6-14(27-2)7-4-12/h3-8,11H,9-10,20H2,1-2H3,(H,21,24). The second-order valence-electron chi connectivity index (χ2n) is 6.45. The summed E-state index contributed by atoms with van der Waals surface area (Å²) in [6, 6.07) is 10.7. The number of nitro groups is 1. The number of nitrogen functional groups attached to an aromatic ring is 1. The lowest BCUT2D eigenvalue weighted by Gasteiger charge is -2.20. The van der Waals surface area contributed by atoms with Crippen LogP contribution in [0.5, 0.6) is 5.75 Å². The molecule has 1 aliphatic rings. The smallest absolute Gasteiger partial charge is 0.296 e. The van der Waals surface area contributed by atoms with Crippen LogP contribution < -0.4 is 15.9 Å². The van der Waals surface area contributed by atoms with Crippen molar-refractivity contribution >= 4 is 23.0 Å². The van der Waals surface area contributed by atoms with E-state index in [1.54, 1.807) is 31.4 Å². The fourth-order valence-corrected chi connectivity index (χ4v) is 3.18. The van der Waals surface area contributed by atoms with E-state index in [1.165, 1.54) is 0 Å². The van der Waals surface area contributed by atoms with Gasteiger partial charge in [-0.1, -0.05) is 31.2 Å². The second kappa shape index (κ2) is 7.45. The lowest BCUT2D eigenvalue weighted by molar-refractivity contribution is -0.384. The number of hydrogen-bond donors (Lipinski definition) is 2. The van der Waals surface area contributed by atoms with Crippen molar-refractivity contribution in [3.8, 4) is 5.75 Å². The van der Waals surface area contributed by atoms with E-state index in [-0.39, 0.29) is 29.6 Å². The van der Waals surface area contributed by atoms with Crippen molar-refractivity contribution in [2.24, 2.45) is 11.0 Å². The fourth-order valence-electron chi connectivity index (χ4n) is 3.18. The van der Waals surface area contributed by atoms with Gasteiger partial charge in [0.15, 0.2) is 0 Å². The molecule has 0 aromatic heterocycles. The topological polar surface area (TPSA) is 120 Å². The van der Waals surface area contributed by atoms with E-state index < -0.39 is 4.92 Å². The highest BCUT2D eigenvalue weighted by Crippen LogP contribution is 2.34. The highest BCUT2D eigenvalue weighted by atomic mass is 16.6. The highest BCUT2D eigenvalue weighted by Gasteiger charge is 2.28. The molecule has 1 aliphatic heterocycles. The van der Waals surface area contributed by atoms with Gasteiger partial charge in [0.1, 0.15) is 11.4 Å². The van der Waals surface area contributed by atoms with Crippen LogP contribution in [0.15, 0.2) is 41.5 Å². The molecule has 3 rings (SSSR count). The number of ether oxygens (including phenoxy) is 1. The number of anilines is 1. The van der Waals surface area contributed by atoms with Gasteiger partial charge in [0.2, 0.25) is 5.91 Å². The lowest BCUT2D eigenvalue weighted by Crippen LogP contribution is -2.32. The van der Waals surface area contributed by atoms with E-state index in [2.05, 4.69) is 10.5 Å². The van der Waals surface area contributed by atoms with Crippen molar-refractivity contribution in [1.29, 1.82) is 0 Å². The summed E-state index contributed by atoms with van der Waals surface area (Å²) in [5, 5.41) is 15.8. The molecule has 3 N–H and O–H groups in total.